The van der Waals surface area contributed by atoms with Crippen LogP contribution in [0, 0.1) is 0 Å². The molecule has 0 bridgehead atoms. The van der Waals surface area contributed by atoms with Crippen LogP contribution in [-0.4, -0.2) is 53.1 Å². The fraction of sp³-hybridized carbons (Fsp3) is 0.333. The average Bonchev–Trinajstić information content (AvgIpc) is 3.39. The van der Waals surface area contributed by atoms with Gasteiger partial charge in [0.2, 0.25) is 0 Å². The minimum absolute atomic E-state index is 0.0695. The number of benzene rings is 1. The number of piperidine rings is 1. The zero-order valence-electron chi connectivity index (χ0n) is 16.7. The maximum Gasteiger partial charge on any atom is 0.162 e. The first kappa shape index (κ1) is 18.7. The first-order valence-electron chi connectivity index (χ1n) is 9.85. The van der Waals surface area contributed by atoms with Crippen LogP contribution in [0.2, 0.25) is 0 Å². The number of aromatic nitrogens is 6. The summed E-state index contributed by atoms with van der Waals surface area (Å²) in [5.74, 6) is 0.0695. The number of aromatic hydroxyl groups is 1. The van der Waals surface area contributed by atoms with Gasteiger partial charge < -0.3 is 15.0 Å². The zero-order chi connectivity index (χ0) is 20.9. The van der Waals surface area contributed by atoms with Gasteiger partial charge >= 0.3 is 0 Å². The molecular formula is C21H22FN7O. The summed E-state index contributed by atoms with van der Waals surface area (Å²) < 4.78 is 18.1. The summed E-state index contributed by atoms with van der Waals surface area (Å²) in [6.07, 6.45) is 4.80. The van der Waals surface area contributed by atoms with Crippen molar-refractivity contribution in [2.45, 2.75) is 38.0 Å². The van der Waals surface area contributed by atoms with E-state index >= 15 is 0 Å². The number of nitrogens with zero attached hydrogens (tertiary/aromatic N) is 6. The van der Waals surface area contributed by atoms with E-state index in [4.69, 9.17) is 0 Å². The fourth-order valence-electron chi connectivity index (χ4n) is 4.08. The van der Waals surface area contributed by atoms with Crippen molar-refractivity contribution in [3.63, 3.8) is 0 Å². The maximum atomic E-state index is 14.7. The Bertz CT molecular complexity index is 1200. The van der Waals surface area contributed by atoms with Gasteiger partial charge in [0, 0.05) is 35.3 Å². The Kier molecular flexibility index (Phi) is 4.28. The zero-order valence-corrected chi connectivity index (χ0v) is 16.7. The largest absolute Gasteiger partial charge is 0.507 e. The van der Waals surface area contributed by atoms with E-state index in [1.807, 2.05) is 29.0 Å². The molecule has 154 valence electrons. The third-order valence-corrected chi connectivity index (χ3v) is 5.68. The van der Waals surface area contributed by atoms with Crippen molar-refractivity contribution >= 4 is 11.0 Å². The number of rotatable bonds is 3. The molecule has 0 saturated carbocycles. The van der Waals surface area contributed by atoms with Crippen molar-refractivity contribution in [2.24, 2.45) is 0 Å². The predicted octanol–water partition coefficient (Wildman–Crippen LogP) is 3.04. The third-order valence-electron chi connectivity index (χ3n) is 5.68. The van der Waals surface area contributed by atoms with Crippen LogP contribution < -0.4 is 5.32 Å². The highest BCUT2D eigenvalue weighted by atomic mass is 19.1. The highest BCUT2D eigenvalue weighted by Crippen LogP contribution is 2.34. The van der Waals surface area contributed by atoms with Crippen molar-refractivity contribution in [2.75, 3.05) is 6.54 Å². The summed E-state index contributed by atoms with van der Waals surface area (Å²) in [4.78, 5) is 0. The molecule has 2 N–H and O–H groups in total. The molecule has 30 heavy (non-hydrogen) atoms. The molecule has 4 aromatic rings. The van der Waals surface area contributed by atoms with Crippen molar-refractivity contribution in [3.05, 3.63) is 48.9 Å². The Balaban J connectivity index is 1.50. The van der Waals surface area contributed by atoms with Gasteiger partial charge in [-0.2, -0.15) is 0 Å². The number of hydrogen-bond donors (Lipinski definition) is 2. The van der Waals surface area contributed by atoms with Crippen LogP contribution >= 0.6 is 0 Å². The monoisotopic (exact) mass is 407 g/mol. The van der Waals surface area contributed by atoms with Crippen molar-refractivity contribution in [3.8, 4) is 22.7 Å². The van der Waals surface area contributed by atoms with Crippen LogP contribution in [0.1, 0.15) is 26.3 Å². The number of fused-ring (bicyclic) bond motifs is 1. The van der Waals surface area contributed by atoms with Gasteiger partial charge in [0.25, 0.3) is 0 Å². The molecule has 5 rings (SSSR count). The van der Waals surface area contributed by atoms with Crippen LogP contribution in [0.5, 0.6) is 5.75 Å². The summed E-state index contributed by atoms with van der Waals surface area (Å²) in [7, 11) is 0. The van der Waals surface area contributed by atoms with Gasteiger partial charge in [-0.3, -0.25) is 0 Å². The van der Waals surface area contributed by atoms with Crippen LogP contribution in [0.15, 0.2) is 48.9 Å². The lowest BCUT2D eigenvalue weighted by Crippen LogP contribution is -2.52. The molecule has 2 atom stereocenters. The molecule has 1 aliphatic rings. The van der Waals surface area contributed by atoms with Gasteiger partial charge in [-0.1, -0.05) is 5.21 Å². The van der Waals surface area contributed by atoms with Gasteiger partial charge in [-0.25, -0.2) is 9.07 Å². The predicted molar refractivity (Wildman–Crippen MR) is 110 cm³/mol. The van der Waals surface area contributed by atoms with Gasteiger partial charge in [0.15, 0.2) is 5.65 Å². The van der Waals surface area contributed by atoms with E-state index < -0.39 is 6.17 Å². The molecule has 4 heterocycles. The molecular weight excluding hydrogens is 385 g/mol. The van der Waals surface area contributed by atoms with Crippen molar-refractivity contribution in [1.29, 1.82) is 0 Å². The average molecular weight is 407 g/mol. The first-order valence-corrected chi connectivity index (χ1v) is 9.85. The summed E-state index contributed by atoms with van der Waals surface area (Å²) in [5.41, 5.74) is 2.30. The number of phenolic OH excluding ortho intramolecular Hbond substituents is 1. The maximum absolute atomic E-state index is 14.7. The van der Waals surface area contributed by atoms with E-state index in [9.17, 15) is 9.50 Å². The lowest BCUT2D eigenvalue weighted by Gasteiger charge is -2.39. The first-order chi connectivity index (χ1) is 14.4. The minimum Gasteiger partial charge on any atom is -0.507 e. The van der Waals surface area contributed by atoms with E-state index in [2.05, 4.69) is 39.7 Å². The highest BCUT2D eigenvalue weighted by Gasteiger charge is 2.36. The summed E-state index contributed by atoms with van der Waals surface area (Å²) in [6, 6.07) is 8.68. The van der Waals surface area contributed by atoms with Gasteiger partial charge in [0.1, 0.15) is 11.9 Å². The summed E-state index contributed by atoms with van der Waals surface area (Å²) in [6.45, 7) is 4.47. The highest BCUT2D eigenvalue weighted by molar-refractivity contribution is 5.81. The molecule has 9 heteroatoms. The Morgan fingerprint density at radius 2 is 2.03 bits per heavy atom. The molecule has 3 aromatic heterocycles. The second-order valence-corrected chi connectivity index (χ2v) is 8.33. The Morgan fingerprint density at radius 1 is 1.17 bits per heavy atom. The normalized spacial score (nSPS) is 21.2. The van der Waals surface area contributed by atoms with Gasteiger partial charge in [-0.05, 0) is 44.5 Å². The quantitative estimate of drug-likeness (QED) is 0.542. The second-order valence-electron chi connectivity index (χ2n) is 8.33. The molecule has 0 amide bonds. The van der Waals surface area contributed by atoms with E-state index in [1.54, 1.807) is 29.2 Å². The van der Waals surface area contributed by atoms with Crippen molar-refractivity contribution in [1.82, 2.24) is 35.1 Å². The molecule has 0 spiro atoms. The lowest BCUT2D eigenvalue weighted by molar-refractivity contribution is 0.125. The number of hydrogen-bond acceptors (Lipinski definition) is 6. The number of phenols is 1. The van der Waals surface area contributed by atoms with Crippen LogP contribution in [0.25, 0.3) is 28.0 Å². The topological polar surface area (TPSA) is 93.7 Å². The molecule has 0 unspecified atom stereocenters. The number of nitrogens with one attached hydrogen (secondary N) is 1. The van der Waals surface area contributed by atoms with E-state index in [1.165, 1.54) is 0 Å². The van der Waals surface area contributed by atoms with E-state index in [0.29, 0.717) is 35.6 Å². The van der Waals surface area contributed by atoms with E-state index in [-0.39, 0.29) is 17.3 Å². The van der Waals surface area contributed by atoms with Gasteiger partial charge in [0.05, 0.1) is 29.8 Å². The second kappa shape index (κ2) is 6.88. The number of halogens is 1. The molecule has 0 aliphatic carbocycles. The smallest absolute Gasteiger partial charge is 0.162 e. The SMILES string of the molecule is CC1(C)C[C@H](n2ccc3cc(-c4ccc(-n5ccnn5)cc4O)nnc32)[C@H](F)CN1. The Hall–Kier alpha value is -3.33. The van der Waals surface area contributed by atoms with Gasteiger partial charge in [-0.15, -0.1) is 15.3 Å². The molecule has 1 fully saturated rings. The van der Waals surface area contributed by atoms with Crippen molar-refractivity contribution < 1.29 is 9.50 Å². The van der Waals surface area contributed by atoms with Crippen LogP contribution in [0.4, 0.5) is 4.39 Å². The molecule has 1 saturated heterocycles. The molecule has 8 nitrogen and oxygen atoms in total. The van der Waals surface area contributed by atoms with E-state index in [0.717, 1.165) is 5.39 Å². The minimum atomic E-state index is -0.997. The summed E-state index contributed by atoms with van der Waals surface area (Å²) in [5, 5.41) is 31.0. The molecule has 1 aliphatic heterocycles. The summed E-state index contributed by atoms with van der Waals surface area (Å²) >= 11 is 0. The fourth-order valence-corrected chi connectivity index (χ4v) is 4.08. The Labute approximate surface area is 172 Å². The van der Waals surface area contributed by atoms with Crippen LogP contribution in [-0.2, 0) is 0 Å². The van der Waals surface area contributed by atoms with Crippen LogP contribution in [0.3, 0.4) is 0 Å². The lowest BCUT2D eigenvalue weighted by atomic mass is 9.88. The number of alkyl halides is 1. The molecule has 0 radical (unpaired) electrons. The Morgan fingerprint density at radius 3 is 2.80 bits per heavy atom. The third kappa shape index (κ3) is 3.21. The molecule has 1 aromatic carbocycles. The standard InChI is InChI=1S/C21H22FN7O/c1-21(2)11-18(16(22)12-23-21)28-7-5-13-9-17(25-26-20(13)28)15-4-3-14(10-19(15)30)29-8-6-24-27-29/h3-10,16,18,23,30H,11-12H2,1-2H3/t16-,18+/m1/s1.